The molecule has 0 fully saturated rings. The Morgan fingerprint density at radius 3 is 2.67 bits per heavy atom. The summed E-state index contributed by atoms with van der Waals surface area (Å²) in [7, 11) is 0. The van der Waals surface area contributed by atoms with Crippen LogP contribution in [0.4, 0.5) is 0 Å². The molecule has 18 heavy (non-hydrogen) atoms. The molecule has 3 rings (SSSR count). The van der Waals surface area contributed by atoms with Crippen molar-refractivity contribution in [1.29, 1.82) is 0 Å². The summed E-state index contributed by atoms with van der Waals surface area (Å²) in [4.78, 5) is 0. The van der Waals surface area contributed by atoms with Crippen LogP contribution in [-0.2, 0) is 6.42 Å². The van der Waals surface area contributed by atoms with Crippen molar-refractivity contribution in [3.8, 4) is 11.1 Å². The molecule has 0 aromatic heterocycles. The molecule has 1 heteroatoms. The minimum atomic E-state index is 0.184. The quantitative estimate of drug-likeness (QED) is 0.730. The molecular weight excluding hydrogens is 218 g/mol. The number of nitrogens with two attached hydrogens (primary N) is 1. The summed E-state index contributed by atoms with van der Waals surface area (Å²) in [6.45, 7) is 2.18. The van der Waals surface area contributed by atoms with Crippen LogP contribution in [0.5, 0.6) is 0 Å². The van der Waals surface area contributed by atoms with E-state index in [-0.39, 0.29) is 6.04 Å². The first kappa shape index (κ1) is 11.5. The van der Waals surface area contributed by atoms with Gasteiger partial charge in [-0.25, -0.2) is 0 Å². The zero-order chi connectivity index (χ0) is 12.5. The van der Waals surface area contributed by atoms with Crippen LogP contribution in [0.15, 0.2) is 42.5 Å². The van der Waals surface area contributed by atoms with Gasteiger partial charge in [0.05, 0.1) is 0 Å². The Morgan fingerprint density at radius 1 is 1.06 bits per heavy atom. The highest BCUT2D eigenvalue weighted by Crippen LogP contribution is 2.37. The summed E-state index contributed by atoms with van der Waals surface area (Å²) in [5.74, 6) is 0. The minimum absolute atomic E-state index is 0.184. The van der Waals surface area contributed by atoms with Crippen LogP contribution < -0.4 is 5.73 Å². The largest absolute Gasteiger partial charge is 0.324 e. The lowest BCUT2D eigenvalue weighted by Crippen LogP contribution is -2.09. The first-order chi connectivity index (χ1) is 8.79. The van der Waals surface area contributed by atoms with Crippen LogP contribution in [0.3, 0.4) is 0 Å². The summed E-state index contributed by atoms with van der Waals surface area (Å²) < 4.78 is 0. The van der Waals surface area contributed by atoms with Gasteiger partial charge < -0.3 is 5.73 Å². The van der Waals surface area contributed by atoms with Gasteiger partial charge in [0.2, 0.25) is 0 Å². The standard InChI is InChI=1S/C17H19N/c1-2-5-17(18)13-8-9-16-14(11-13)10-12-6-3-4-7-15(12)16/h3-4,6-9,11,17H,2,5,10,18H2,1H3/t17-/m1/s1. The van der Waals surface area contributed by atoms with E-state index >= 15 is 0 Å². The van der Waals surface area contributed by atoms with E-state index in [0.717, 1.165) is 19.3 Å². The fraction of sp³-hybridized carbons (Fsp3) is 0.294. The summed E-state index contributed by atoms with van der Waals surface area (Å²) in [5.41, 5.74) is 13.1. The van der Waals surface area contributed by atoms with Crippen LogP contribution in [0.1, 0.15) is 42.5 Å². The zero-order valence-corrected chi connectivity index (χ0v) is 10.8. The maximum atomic E-state index is 6.20. The molecule has 0 unspecified atom stereocenters. The lowest BCUT2D eigenvalue weighted by Gasteiger charge is -2.12. The van der Waals surface area contributed by atoms with Crippen LogP contribution in [0.25, 0.3) is 11.1 Å². The van der Waals surface area contributed by atoms with Crippen molar-refractivity contribution in [2.24, 2.45) is 5.73 Å². The molecule has 0 bridgehead atoms. The van der Waals surface area contributed by atoms with E-state index < -0.39 is 0 Å². The van der Waals surface area contributed by atoms with E-state index in [1.807, 2.05) is 0 Å². The third-order valence-electron chi connectivity index (χ3n) is 3.85. The molecule has 0 radical (unpaired) electrons. The van der Waals surface area contributed by atoms with Gasteiger partial charge in [0.25, 0.3) is 0 Å². The highest BCUT2D eigenvalue weighted by Gasteiger charge is 2.18. The molecule has 0 spiro atoms. The molecular formula is C17H19N. The molecule has 1 nitrogen and oxygen atoms in total. The van der Waals surface area contributed by atoms with Crippen LogP contribution in [-0.4, -0.2) is 0 Å². The molecule has 2 N–H and O–H groups in total. The van der Waals surface area contributed by atoms with E-state index in [9.17, 15) is 0 Å². The van der Waals surface area contributed by atoms with Gasteiger partial charge in [-0.15, -0.1) is 0 Å². The first-order valence-electron chi connectivity index (χ1n) is 6.76. The third-order valence-corrected chi connectivity index (χ3v) is 3.85. The molecule has 2 aromatic carbocycles. The highest BCUT2D eigenvalue weighted by molar-refractivity contribution is 5.76. The van der Waals surface area contributed by atoms with E-state index in [1.165, 1.54) is 27.8 Å². The van der Waals surface area contributed by atoms with E-state index in [4.69, 9.17) is 5.73 Å². The summed E-state index contributed by atoms with van der Waals surface area (Å²) in [6.07, 6.45) is 3.25. The minimum Gasteiger partial charge on any atom is -0.324 e. The number of benzene rings is 2. The van der Waals surface area contributed by atoms with Gasteiger partial charge in [-0.05, 0) is 40.7 Å². The number of hydrogen-bond donors (Lipinski definition) is 1. The van der Waals surface area contributed by atoms with Crippen LogP contribution >= 0.6 is 0 Å². The fourth-order valence-electron chi connectivity index (χ4n) is 2.87. The van der Waals surface area contributed by atoms with Gasteiger partial charge >= 0.3 is 0 Å². The average Bonchev–Trinajstić information content (AvgIpc) is 2.76. The molecule has 0 aliphatic heterocycles. The van der Waals surface area contributed by atoms with Crippen molar-refractivity contribution in [3.63, 3.8) is 0 Å². The second-order valence-corrected chi connectivity index (χ2v) is 5.15. The lowest BCUT2D eigenvalue weighted by atomic mass is 9.98. The van der Waals surface area contributed by atoms with Gasteiger partial charge in [0.1, 0.15) is 0 Å². The third kappa shape index (κ3) is 1.85. The second-order valence-electron chi connectivity index (χ2n) is 5.15. The molecule has 92 valence electrons. The van der Waals surface area contributed by atoms with E-state index in [2.05, 4.69) is 49.4 Å². The average molecular weight is 237 g/mol. The highest BCUT2D eigenvalue weighted by atomic mass is 14.6. The van der Waals surface area contributed by atoms with Crippen molar-refractivity contribution >= 4 is 0 Å². The second kappa shape index (κ2) is 4.58. The van der Waals surface area contributed by atoms with Gasteiger partial charge in [-0.2, -0.15) is 0 Å². The molecule has 0 saturated carbocycles. The summed E-state index contributed by atoms with van der Waals surface area (Å²) in [6, 6.07) is 15.6. The number of fused-ring (bicyclic) bond motifs is 3. The predicted molar refractivity (Wildman–Crippen MR) is 76.5 cm³/mol. The van der Waals surface area contributed by atoms with Crippen LogP contribution in [0.2, 0.25) is 0 Å². The van der Waals surface area contributed by atoms with E-state index in [0.29, 0.717) is 0 Å². The smallest absolute Gasteiger partial charge is 0.0294 e. The SMILES string of the molecule is CCC[C@@H](N)c1ccc2c(c1)Cc1ccccc1-2. The maximum Gasteiger partial charge on any atom is 0.0294 e. The maximum absolute atomic E-state index is 6.20. The van der Waals surface area contributed by atoms with E-state index in [1.54, 1.807) is 0 Å². The lowest BCUT2D eigenvalue weighted by molar-refractivity contribution is 0.638. The van der Waals surface area contributed by atoms with Crippen molar-refractivity contribution < 1.29 is 0 Å². The summed E-state index contributed by atoms with van der Waals surface area (Å²) in [5, 5.41) is 0. The molecule has 0 amide bonds. The number of hydrogen-bond acceptors (Lipinski definition) is 1. The van der Waals surface area contributed by atoms with Crippen molar-refractivity contribution in [2.75, 3.05) is 0 Å². The van der Waals surface area contributed by atoms with Crippen molar-refractivity contribution in [3.05, 3.63) is 59.2 Å². The Bertz CT molecular complexity index is 572. The monoisotopic (exact) mass is 237 g/mol. The molecule has 1 aliphatic rings. The van der Waals surface area contributed by atoms with Crippen molar-refractivity contribution in [2.45, 2.75) is 32.2 Å². The molecule has 1 atom stereocenters. The zero-order valence-electron chi connectivity index (χ0n) is 10.8. The Kier molecular flexibility index (Phi) is 2.92. The molecule has 2 aromatic rings. The topological polar surface area (TPSA) is 26.0 Å². The Balaban J connectivity index is 1.98. The van der Waals surface area contributed by atoms with Gasteiger partial charge in [-0.1, -0.05) is 55.8 Å². The first-order valence-corrected chi connectivity index (χ1v) is 6.76. The molecule has 1 aliphatic carbocycles. The van der Waals surface area contributed by atoms with Crippen LogP contribution in [0, 0.1) is 0 Å². The Labute approximate surface area is 109 Å². The number of rotatable bonds is 3. The fourth-order valence-corrected chi connectivity index (χ4v) is 2.87. The molecule has 0 saturated heterocycles. The Morgan fingerprint density at radius 2 is 1.83 bits per heavy atom. The Hall–Kier alpha value is -1.60. The predicted octanol–water partition coefficient (Wildman–Crippen LogP) is 4.06. The normalized spacial score (nSPS) is 14.1. The van der Waals surface area contributed by atoms with Gasteiger partial charge in [0, 0.05) is 6.04 Å². The van der Waals surface area contributed by atoms with Gasteiger partial charge in [0.15, 0.2) is 0 Å². The van der Waals surface area contributed by atoms with Gasteiger partial charge in [-0.3, -0.25) is 0 Å². The summed E-state index contributed by atoms with van der Waals surface area (Å²) >= 11 is 0. The van der Waals surface area contributed by atoms with Crippen molar-refractivity contribution in [1.82, 2.24) is 0 Å². The molecule has 0 heterocycles.